The molecule has 0 spiro atoms. The fraction of sp³-hybridized carbons (Fsp3) is 0.429. The van der Waals surface area contributed by atoms with E-state index in [0.29, 0.717) is 0 Å². The van der Waals surface area contributed by atoms with Gasteiger partial charge in [0.15, 0.2) is 0 Å². The van der Waals surface area contributed by atoms with Crippen LogP contribution in [0.5, 0.6) is 0 Å². The van der Waals surface area contributed by atoms with Gasteiger partial charge in [-0.15, -0.1) is 0 Å². The van der Waals surface area contributed by atoms with E-state index in [1.54, 1.807) is 11.2 Å². The molecule has 0 aromatic heterocycles. The van der Waals surface area contributed by atoms with Crippen molar-refractivity contribution in [3.8, 4) is 0 Å². The van der Waals surface area contributed by atoms with Crippen LogP contribution in [-0.4, -0.2) is 10.5 Å². The molecule has 10 heavy (non-hydrogen) atoms. The summed E-state index contributed by atoms with van der Waals surface area (Å²) in [6.07, 6.45) is 5.50. The smallest absolute Gasteiger partial charge is 0.0888 e. The number of nitrogens with two attached hydrogens (primary N) is 2. The maximum Gasteiger partial charge on any atom is 0.0888 e. The molecular formula is C7H13N3. The van der Waals surface area contributed by atoms with Crippen LogP contribution in [-0.2, 0) is 0 Å². The Hall–Kier alpha value is -0.960. The molecule has 0 aromatic rings. The third kappa shape index (κ3) is 0.885. The standard InChI is InChI=1S/C7H13N3/c1-7(2)6(8)4-3-5-10(7)9/h3-5H,8-9H2,1-2H3. The van der Waals surface area contributed by atoms with Gasteiger partial charge in [-0.3, -0.25) is 0 Å². The van der Waals surface area contributed by atoms with Crippen LogP contribution < -0.4 is 11.6 Å². The first-order valence-electron chi connectivity index (χ1n) is 3.23. The summed E-state index contributed by atoms with van der Waals surface area (Å²) in [4.78, 5) is 0. The average molecular weight is 139 g/mol. The summed E-state index contributed by atoms with van der Waals surface area (Å²) in [5.41, 5.74) is 6.24. The maximum absolute atomic E-state index is 5.69. The number of hydrazine groups is 1. The lowest BCUT2D eigenvalue weighted by atomic mass is 9.98. The minimum Gasteiger partial charge on any atom is -0.400 e. The van der Waals surface area contributed by atoms with Gasteiger partial charge in [-0.1, -0.05) is 0 Å². The Labute approximate surface area is 61.0 Å². The first-order chi connectivity index (χ1) is 4.55. The molecule has 0 atom stereocenters. The lowest BCUT2D eigenvalue weighted by Gasteiger charge is -2.36. The summed E-state index contributed by atoms with van der Waals surface area (Å²) in [6.45, 7) is 3.95. The topological polar surface area (TPSA) is 55.3 Å². The van der Waals surface area contributed by atoms with Crippen molar-refractivity contribution >= 4 is 0 Å². The second-order valence-corrected chi connectivity index (χ2v) is 2.93. The van der Waals surface area contributed by atoms with Gasteiger partial charge in [0, 0.05) is 11.9 Å². The van der Waals surface area contributed by atoms with Crippen LogP contribution in [0.4, 0.5) is 0 Å². The average Bonchev–Trinajstić information content (AvgIpc) is 1.84. The predicted octanol–water partition coefficient (Wildman–Crippen LogP) is 0.311. The van der Waals surface area contributed by atoms with Gasteiger partial charge < -0.3 is 10.7 Å². The fourth-order valence-electron chi connectivity index (χ4n) is 0.779. The molecule has 1 aliphatic heterocycles. The van der Waals surface area contributed by atoms with E-state index < -0.39 is 0 Å². The Morgan fingerprint density at radius 1 is 1.50 bits per heavy atom. The molecule has 0 unspecified atom stereocenters. The van der Waals surface area contributed by atoms with E-state index in [9.17, 15) is 0 Å². The zero-order valence-corrected chi connectivity index (χ0v) is 6.33. The zero-order valence-electron chi connectivity index (χ0n) is 6.33. The lowest BCUT2D eigenvalue weighted by molar-refractivity contribution is 0.222. The third-order valence-electron chi connectivity index (χ3n) is 1.87. The molecule has 0 aliphatic carbocycles. The molecule has 0 amide bonds. The monoisotopic (exact) mass is 139 g/mol. The minimum atomic E-state index is -0.241. The molecule has 4 N–H and O–H groups in total. The highest BCUT2D eigenvalue weighted by Crippen LogP contribution is 2.20. The first-order valence-corrected chi connectivity index (χ1v) is 3.23. The van der Waals surface area contributed by atoms with Crippen LogP contribution in [0.15, 0.2) is 24.0 Å². The van der Waals surface area contributed by atoms with Crippen molar-refractivity contribution < 1.29 is 0 Å². The maximum atomic E-state index is 5.69. The molecule has 0 aromatic carbocycles. The van der Waals surface area contributed by atoms with Crippen molar-refractivity contribution in [2.75, 3.05) is 0 Å². The van der Waals surface area contributed by atoms with Gasteiger partial charge in [0.25, 0.3) is 0 Å². The van der Waals surface area contributed by atoms with E-state index in [0.717, 1.165) is 5.70 Å². The summed E-state index contributed by atoms with van der Waals surface area (Å²) >= 11 is 0. The van der Waals surface area contributed by atoms with Gasteiger partial charge in [0.05, 0.1) is 5.54 Å². The van der Waals surface area contributed by atoms with Crippen molar-refractivity contribution in [1.29, 1.82) is 0 Å². The van der Waals surface area contributed by atoms with E-state index in [1.165, 1.54) is 0 Å². The van der Waals surface area contributed by atoms with Crippen molar-refractivity contribution in [3.63, 3.8) is 0 Å². The molecule has 0 radical (unpaired) electrons. The molecule has 0 fully saturated rings. The largest absolute Gasteiger partial charge is 0.400 e. The Kier molecular flexibility index (Phi) is 1.45. The minimum absolute atomic E-state index is 0.241. The van der Waals surface area contributed by atoms with E-state index in [2.05, 4.69) is 0 Å². The highest BCUT2D eigenvalue weighted by Gasteiger charge is 2.26. The summed E-state index contributed by atoms with van der Waals surface area (Å²) in [5.74, 6) is 5.63. The number of hydrogen-bond acceptors (Lipinski definition) is 3. The molecule has 1 aliphatic rings. The normalized spacial score (nSPS) is 22.7. The molecule has 56 valence electrons. The van der Waals surface area contributed by atoms with E-state index >= 15 is 0 Å². The highest BCUT2D eigenvalue weighted by atomic mass is 15.4. The van der Waals surface area contributed by atoms with Gasteiger partial charge in [0.1, 0.15) is 0 Å². The van der Waals surface area contributed by atoms with E-state index in [1.807, 2.05) is 26.0 Å². The van der Waals surface area contributed by atoms with Gasteiger partial charge in [0.2, 0.25) is 0 Å². The molecule has 3 heteroatoms. The number of hydrogen-bond donors (Lipinski definition) is 2. The SMILES string of the molecule is CC1(C)C(N)=CC=CN1N. The zero-order chi connectivity index (χ0) is 7.78. The Balaban J connectivity index is 2.93. The van der Waals surface area contributed by atoms with Crippen molar-refractivity contribution in [2.45, 2.75) is 19.4 Å². The lowest BCUT2D eigenvalue weighted by Crippen LogP contribution is -2.49. The summed E-state index contributed by atoms with van der Waals surface area (Å²) < 4.78 is 0. The summed E-state index contributed by atoms with van der Waals surface area (Å²) in [6, 6.07) is 0. The van der Waals surface area contributed by atoms with Gasteiger partial charge in [-0.05, 0) is 26.0 Å². The quantitative estimate of drug-likeness (QED) is 0.475. The van der Waals surface area contributed by atoms with Gasteiger partial charge in [-0.25, -0.2) is 5.84 Å². The van der Waals surface area contributed by atoms with Crippen LogP contribution in [0, 0.1) is 0 Å². The van der Waals surface area contributed by atoms with Crippen LogP contribution in [0.2, 0.25) is 0 Å². The Bertz CT molecular complexity index is 191. The first kappa shape index (κ1) is 7.15. The van der Waals surface area contributed by atoms with Gasteiger partial charge >= 0.3 is 0 Å². The molecule has 1 heterocycles. The molecule has 0 bridgehead atoms. The molecule has 1 rings (SSSR count). The highest BCUT2D eigenvalue weighted by molar-refractivity contribution is 5.24. The molecular weight excluding hydrogens is 126 g/mol. The van der Waals surface area contributed by atoms with Gasteiger partial charge in [-0.2, -0.15) is 0 Å². The number of nitrogens with zero attached hydrogens (tertiary/aromatic N) is 1. The van der Waals surface area contributed by atoms with Crippen molar-refractivity contribution in [1.82, 2.24) is 5.01 Å². The van der Waals surface area contributed by atoms with E-state index in [4.69, 9.17) is 11.6 Å². The Morgan fingerprint density at radius 2 is 2.10 bits per heavy atom. The number of allylic oxidation sites excluding steroid dienone is 2. The molecule has 0 saturated carbocycles. The van der Waals surface area contributed by atoms with Crippen molar-refractivity contribution in [2.24, 2.45) is 11.6 Å². The van der Waals surface area contributed by atoms with Crippen LogP contribution in [0.3, 0.4) is 0 Å². The van der Waals surface area contributed by atoms with Crippen molar-refractivity contribution in [3.05, 3.63) is 24.0 Å². The fourth-order valence-corrected chi connectivity index (χ4v) is 0.779. The van der Waals surface area contributed by atoms with E-state index in [-0.39, 0.29) is 5.54 Å². The summed E-state index contributed by atoms with van der Waals surface area (Å²) in [5, 5.41) is 1.60. The second-order valence-electron chi connectivity index (χ2n) is 2.93. The molecule has 0 saturated heterocycles. The number of rotatable bonds is 0. The molecule has 3 nitrogen and oxygen atoms in total. The van der Waals surface area contributed by atoms with Crippen LogP contribution in [0.1, 0.15) is 13.8 Å². The predicted molar refractivity (Wildman–Crippen MR) is 41.5 cm³/mol. The Morgan fingerprint density at radius 3 is 2.50 bits per heavy atom. The van der Waals surface area contributed by atoms with Crippen LogP contribution in [0.25, 0.3) is 0 Å². The van der Waals surface area contributed by atoms with Crippen LogP contribution >= 0.6 is 0 Å². The third-order valence-corrected chi connectivity index (χ3v) is 1.87. The summed E-state index contributed by atoms with van der Waals surface area (Å²) in [7, 11) is 0. The second kappa shape index (κ2) is 2.02.